The molecule has 0 unspecified atom stereocenters. The van der Waals surface area contributed by atoms with E-state index >= 15 is 0 Å². The van der Waals surface area contributed by atoms with Crippen LogP contribution in [0.4, 0.5) is 0 Å². The quantitative estimate of drug-likeness (QED) is 0.484. The van der Waals surface area contributed by atoms with Gasteiger partial charge in [0.1, 0.15) is 5.52 Å². The Morgan fingerprint density at radius 1 is 0.839 bits per heavy atom. The highest BCUT2D eigenvalue weighted by molar-refractivity contribution is 5.97. The first-order valence-electron chi connectivity index (χ1n) is 9.92. The van der Waals surface area contributed by atoms with Gasteiger partial charge in [0.15, 0.2) is 0 Å². The van der Waals surface area contributed by atoms with Crippen LogP contribution in [-0.2, 0) is 13.1 Å². The molecule has 0 bridgehead atoms. The van der Waals surface area contributed by atoms with E-state index in [-0.39, 0.29) is 11.5 Å². The lowest BCUT2D eigenvalue weighted by atomic mass is 10.1. The Bertz CT molecular complexity index is 1440. The van der Waals surface area contributed by atoms with E-state index in [0.717, 1.165) is 16.6 Å². The molecule has 1 N–H and O–H groups in total. The van der Waals surface area contributed by atoms with E-state index in [1.54, 1.807) is 45.9 Å². The molecule has 7 heteroatoms. The summed E-state index contributed by atoms with van der Waals surface area (Å²) in [6.45, 7) is 0.800. The van der Waals surface area contributed by atoms with Gasteiger partial charge in [0.25, 0.3) is 11.5 Å². The third-order valence-corrected chi connectivity index (χ3v) is 5.25. The van der Waals surface area contributed by atoms with Crippen LogP contribution in [0.25, 0.3) is 16.6 Å². The zero-order valence-electron chi connectivity index (χ0n) is 16.6. The summed E-state index contributed by atoms with van der Waals surface area (Å²) < 4.78 is 3.32. The standard InChI is InChI=1S/C24H19N5O2/c30-23(26-15-17-8-11-25-12-9-17)19-6-7-20-22(14-19)28(16-18-4-2-1-3-5-18)24(31)21-10-13-27-29(20)21/h1-14H,15-16H2,(H,26,30). The molecule has 5 rings (SSSR count). The molecule has 0 aliphatic heterocycles. The van der Waals surface area contributed by atoms with E-state index in [2.05, 4.69) is 15.4 Å². The van der Waals surface area contributed by atoms with E-state index < -0.39 is 0 Å². The van der Waals surface area contributed by atoms with Gasteiger partial charge in [-0.3, -0.25) is 14.6 Å². The van der Waals surface area contributed by atoms with Crippen LogP contribution in [0.3, 0.4) is 0 Å². The fraction of sp³-hybridized carbons (Fsp3) is 0.0833. The van der Waals surface area contributed by atoms with Crippen molar-refractivity contribution in [2.75, 3.05) is 0 Å². The van der Waals surface area contributed by atoms with Crippen molar-refractivity contribution in [2.45, 2.75) is 13.1 Å². The van der Waals surface area contributed by atoms with Crippen LogP contribution in [0.1, 0.15) is 21.5 Å². The monoisotopic (exact) mass is 409 g/mol. The van der Waals surface area contributed by atoms with Crippen LogP contribution in [0.5, 0.6) is 0 Å². The molecule has 1 amide bonds. The minimum atomic E-state index is -0.210. The van der Waals surface area contributed by atoms with Crippen molar-refractivity contribution in [2.24, 2.45) is 0 Å². The van der Waals surface area contributed by atoms with Crippen LogP contribution in [0, 0.1) is 0 Å². The summed E-state index contributed by atoms with van der Waals surface area (Å²) in [5.41, 5.74) is 4.21. The molecule has 0 spiro atoms. The van der Waals surface area contributed by atoms with Crippen molar-refractivity contribution in [3.05, 3.63) is 112 Å². The minimum absolute atomic E-state index is 0.150. The number of fused-ring (bicyclic) bond motifs is 3. The summed E-state index contributed by atoms with van der Waals surface area (Å²) in [4.78, 5) is 30.0. The molecular weight excluding hydrogens is 390 g/mol. The predicted octanol–water partition coefficient (Wildman–Crippen LogP) is 3.02. The average molecular weight is 409 g/mol. The van der Waals surface area contributed by atoms with Crippen molar-refractivity contribution in [1.29, 1.82) is 0 Å². The van der Waals surface area contributed by atoms with E-state index in [0.29, 0.717) is 29.7 Å². The Morgan fingerprint density at radius 2 is 1.65 bits per heavy atom. The third kappa shape index (κ3) is 3.57. The van der Waals surface area contributed by atoms with Gasteiger partial charge in [0.2, 0.25) is 0 Å². The summed E-state index contributed by atoms with van der Waals surface area (Å²) in [5.74, 6) is -0.210. The Hall–Kier alpha value is -4.26. The number of benzene rings is 2. The number of hydrogen-bond donors (Lipinski definition) is 1. The van der Waals surface area contributed by atoms with Crippen molar-refractivity contribution in [1.82, 2.24) is 24.5 Å². The second-order valence-corrected chi connectivity index (χ2v) is 7.25. The van der Waals surface area contributed by atoms with Crippen molar-refractivity contribution in [3.8, 4) is 0 Å². The van der Waals surface area contributed by atoms with Crippen LogP contribution in [0.15, 0.2) is 90.1 Å². The molecule has 0 radical (unpaired) electrons. The zero-order chi connectivity index (χ0) is 21.2. The second-order valence-electron chi connectivity index (χ2n) is 7.25. The lowest BCUT2D eigenvalue weighted by Gasteiger charge is -2.13. The topological polar surface area (TPSA) is 81.3 Å². The largest absolute Gasteiger partial charge is 0.348 e. The first-order chi connectivity index (χ1) is 15.2. The molecule has 0 aliphatic rings. The highest BCUT2D eigenvalue weighted by Crippen LogP contribution is 2.18. The summed E-state index contributed by atoms with van der Waals surface area (Å²) in [6.07, 6.45) is 4.99. The Labute approximate surface area is 177 Å². The van der Waals surface area contributed by atoms with Gasteiger partial charge in [0.05, 0.1) is 23.8 Å². The minimum Gasteiger partial charge on any atom is -0.348 e. The molecule has 0 saturated heterocycles. The lowest BCUT2D eigenvalue weighted by Crippen LogP contribution is -2.25. The number of pyridine rings is 1. The van der Waals surface area contributed by atoms with E-state index in [1.807, 2.05) is 48.5 Å². The molecule has 3 heterocycles. The maximum atomic E-state index is 13.2. The van der Waals surface area contributed by atoms with Crippen LogP contribution >= 0.6 is 0 Å². The normalized spacial score (nSPS) is 11.1. The highest BCUT2D eigenvalue weighted by Gasteiger charge is 2.15. The van der Waals surface area contributed by atoms with Crippen molar-refractivity contribution in [3.63, 3.8) is 0 Å². The first-order valence-corrected chi connectivity index (χ1v) is 9.92. The second kappa shape index (κ2) is 7.87. The molecule has 152 valence electrons. The Kier molecular flexibility index (Phi) is 4.76. The maximum Gasteiger partial charge on any atom is 0.277 e. The summed E-state index contributed by atoms with van der Waals surface area (Å²) >= 11 is 0. The van der Waals surface area contributed by atoms with Crippen molar-refractivity contribution < 1.29 is 4.79 Å². The number of nitrogens with one attached hydrogen (secondary N) is 1. The zero-order valence-corrected chi connectivity index (χ0v) is 16.6. The number of amides is 1. The molecule has 7 nitrogen and oxygen atoms in total. The van der Waals surface area contributed by atoms with Gasteiger partial charge in [-0.2, -0.15) is 5.10 Å². The van der Waals surface area contributed by atoms with Gasteiger partial charge < -0.3 is 9.88 Å². The summed E-state index contributed by atoms with van der Waals surface area (Å²) in [7, 11) is 0. The number of aromatic nitrogens is 4. The number of carbonyl (C=O) groups excluding carboxylic acids is 1. The number of rotatable bonds is 5. The molecule has 0 saturated carbocycles. The first kappa shape index (κ1) is 18.7. The fourth-order valence-electron chi connectivity index (χ4n) is 3.67. The maximum absolute atomic E-state index is 13.2. The fourth-order valence-corrected chi connectivity index (χ4v) is 3.67. The van der Waals surface area contributed by atoms with Crippen LogP contribution in [0.2, 0.25) is 0 Å². The molecule has 0 fully saturated rings. The number of nitrogens with zero attached hydrogens (tertiary/aromatic N) is 4. The molecule has 0 atom stereocenters. The summed E-state index contributed by atoms with van der Waals surface area (Å²) in [6, 6.07) is 20.5. The average Bonchev–Trinajstić information content (AvgIpc) is 3.32. The smallest absolute Gasteiger partial charge is 0.277 e. The van der Waals surface area contributed by atoms with Gasteiger partial charge in [-0.1, -0.05) is 30.3 Å². The van der Waals surface area contributed by atoms with Gasteiger partial charge in [-0.15, -0.1) is 0 Å². The van der Waals surface area contributed by atoms with Gasteiger partial charge in [-0.05, 0) is 47.5 Å². The Balaban J connectivity index is 1.57. The number of carbonyl (C=O) groups is 1. The predicted molar refractivity (Wildman–Crippen MR) is 118 cm³/mol. The number of hydrogen-bond acceptors (Lipinski definition) is 4. The van der Waals surface area contributed by atoms with Crippen molar-refractivity contribution >= 4 is 22.5 Å². The molecule has 31 heavy (non-hydrogen) atoms. The highest BCUT2D eigenvalue weighted by atomic mass is 16.1. The van der Waals surface area contributed by atoms with E-state index in [9.17, 15) is 9.59 Å². The molecule has 5 aromatic rings. The molecule has 0 aliphatic carbocycles. The van der Waals surface area contributed by atoms with Crippen LogP contribution < -0.4 is 10.9 Å². The molecular formula is C24H19N5O2. The van der Waals surface area contributed by atoms with E-state index in [4.69, 9.17) is 0 Å². The van der Waals surface area contributed by atoms with Gasteiger partial charge in [-0.25, -0.2) is 4.52 Å². The lowest BCUT2D eigenvalue weighted by molar-refractivity contribution is 0.0951. The van der Waals surface area contributed by atoms with Gasteiger partial charge in [0, 0.05) is 24.5 Å². The Morgan fingerprint density at radius 3 is 2.45 bits per heavy atom. The summed E-state index contributed by atoms with van der Waals surface area (Å²) in [5, 5.41) is 7.22. The third-order valence-electron chi connectivity index (χ3n) is 5.25. The SMILES string of the molecule is O=C(NCc1ccncc1)c1ccc2c(c1)n(Cc1ccccc1)c(=O)c1ccnn12. The van der Waals surface area contributed by atoms with E-state index in [1.165, 1.54) is 0 Å². The molecule has 3 aromatic heterocycles. The molecule has 2 aromatic carbocycles. The van der Waals surface area contributed by atoms with Crippen LogP contribution in [-0.4, -0.2) is 25.1 Å². The van der Waals surface area contributed by atoms with Gasteiger partial charge >= 0.3 is 0 Å².